The van der Waals surface area contributed by atoms with Gasteiger partial charge in [0, 0.05) is 18.7 Å². The second-order valence-corrected chi connectivity index (χ2v) is 8.21. The number of esters is 1. The van der Waals surface area contributed by atoms with Gasteiger partial charge in [-0.25, -0.2) is 13.2 Å². The van der Waals surface area contributed by atoms with Crippen LogP contribution in [0, 0.1) is 11.3 Å². The van der Waals surface area contributed by atoms with E-state index in [-0.39, 0.29) is 17.1 Å². The molecule has 0 unspecified atom stereocenters. The van der Waals surface area contributed by atoms with Crippen molar-refractivity contribution in [2.24, 2.45) is 0 Å². The predicted octanol–water partition coefficient (Wildman–Crippen LogP) is 3.09. The first-order valence-corrected chi connectivity index (χ1v) is 10.2. The van der Waals surface area contributed by atoms with Gasteiger partial charge in [-0.1, -0.05) is 36.8 Å². The summed E-state index contributed by atoms with van der Waals surface area (Å²) in [6, 6.07) is 14.9. The lowest BCUT2D eigenvalue weighted by molar-refractivity contribution is 0.0467. The molecule has 1 saturated heterocycles. The number of hydrogen-bond donors (Lipinski definition) is 0. The first-order chi connectivity index (χ1) is 13.0. The molecule has 0 saturated carbocycles. The lowest BCUT2D eigenvalue weighted by Gasteiger charge is -2.26. The van der Waals surface area contributed by atoms with Gasteiger partial charge in [-0.15, -0.1) is 0 Å². The molecule has 2 aromatic carbocycles. The topological polar surface area (TPSA) is 87.5 Å². The molecule has 0 atom stereocenters. The van der Waals surface area contributed by atoms with Crippen molar-refractivity contribution in [1.82, 2.24) is 4.31 Å². The van der Waals surface area contributed by atoms with Crippen molar-refractivity contribution in [3.63, 3.8) is 0 Å². The van der Waals surface area contributed by atoms with Crippen LogP contribution in [0.4, 0.5) is 0 Å². The Morgan fingerprint density at radius 1 is 1.04 bits per heavy atom. The van der Waals surface area contributed by atoms with Gasteiger partial charge in [-0.05, 0) is 31.0 Å². The van der Waals surface area contributed by atoms with Crippen molar-refractivity contribution in [3.05, 3.63) is 65.2 Å². The van der Waals surface area contributed by atoms with Crippen LogP contribution in [0.15, 0.2) is 53.4 Å². The van der Waals surface area contributed by atoms with Gasteiger partial charge >= 0.3 is 5.97 Å². The fourth-order valence-electron chi connectivity index (χ4n) is 3.08. The number of rotatable bonds is 5. The third-order valence-corrected chi connectivity index (χ3v) is 6.49. The zero-order chi connectivity index (χ0) is 19.3. The van der Waals surface area contributed by atoms with Crippen molar-refractivity contribution in [1.29, 1.82) is 5.26 Å². The van der Waals surface area contributed by atoms with Crippen molar-refractivity contribution < 1.29 is 17.9 Å². The quantitative estimate of drug-likeness (QED) is 0.739. The number of nitriles is 1. The summed E-state index contributed by atoms with van der Waals surface area (Å²) >= 11 is 0. The highest BCUT2D eigenvalue weighted by molar-refractivity contribution is 7.89. The molecule has 0 amide bonds. The highest BCUT2D eigenvalue weighted by atomic mass is 32.2. The van der Waals surface area contributed by atoms with Crippen LogP contribution < -0.4 is 0 Å². The monoisotopic (exact) mass is 384 g/mol. The molecule has 7 heteroatoms. The van der Waals surface area contributed by atoms with Crippen LogP contribution in [0.25, 0.3) is 0 Å². The molecular weight excluding hydrogens is 364 g/mol. The Hall–Kier alpha value is -2.69. The van der Waals surface area contributed by atoms with E-state index in [1.807, 2.05) is 6.07 Å². The van der Waals surface area contributed by atoms with Crippen LogP contribution in [0.3, 0.4) is 0 Å². The molecule has 6 nitrogen and oxygen atoms in total. The minimum Gasteiger partial charge on any atom is -0.457 e. The minimum absolute atomic E-state index is 0.0116. The molecule has 27 heavy (non-hydrogen) atoms. The first kappa shape index (κ1) is 19.1. The number of piperidine rings is 1. The average molecular weight is 384 g/mol. The molecule has 0 radical (unpaired) electrons. The standard InChI is InChI=1S/C20H20N2O4S/c21-14-16-8-2-3-9-17(16)15-26-20(23)18-10-4-5-11-19(18)27(24,25)22-12-6-1-7-13-22/h2-5,8-11H,1,6-7,12-13,15H2. The molecule has 140 valence electrons. The summed E-state index contributed by atoms with van der Waals surface area (Å²) in [4.78, 5) is 12.5. The van der Waals surface area contributed by atoms with E-state index in [9.17, 15) is 13.2 Å². The lowest BCUT2D eigenvalue weighted by Crippen LogP contribution is -2.36. The maximum atomic E-state index is 13.0. The van der Waals surface area contributed by atoms with Gasteiger partial charge in [-0.2, -0.15) is 9.57 Å². The smallest absolute Gasteiger partial charge is 0.339 e. The Labute approximate surface area is 159 Å². The Kier molecular flexibility index (Phi) is 5.89. The molecule has 1 heterocycles. The maximum absolute atomic E-state index is 13.0. The van der Waals surface area contributed by atoms with Gasteiger partial charge in [0.05, 0.1) is 22.1 Å². The Morgan fingerprint density at radius 3 is 2.44 bits per heavy atom. The second-order valence-electron chi connectivity index (χ2n) is 6.31. The summed E-state index contributed by atoms with van der Waals surface area (Å²) in [5, 5.41) is 9.12. The van der Waals surface area contributed by atoms with E-state index in [0.717, 1.165) is 19.3 Å². The van der Waals surface area contributed by atoms with Gasteiger partial charge in [-0.3, -0.25) is 0 Å². The normalized spacial score (nSPS) is 15.1. The zero-order valence-electron chi connectivity index (χ0n) is 14.8. The number of carbonyl (C=O) groups is 1. The number of benzene rings is 2. The summed E-state index contributed by atoms with van der Waals surface area (Å²) in [5.41, 5.74) is 1.00. The summed E-state index contributed by atoms with van der Waals surface area (Å²) in [7, 11) is -3.75. The number of nitrogens with zero attached hydrogens (tertiary/aromatic N) is 2. The first-order valence-electron chi connectivity index (χ1n) is 8.78. The van der Waals surface area contributed by atoms with Gasteiger partial charge in [0.15, 0.2) is 0 Å². The number of ether oxygens (including phenoxy) is 1. The third-order valence-electron chi connectivity index (χ3n) is 4.54. The summed E-state index contributed by atoms with van der Waals surface area (Å²) in [6.07, 6.45) is 2.64. The van der Waals surface area contributed by atoms with Crippen LogP contribution in [0.5, 0.6) is 0 Å². The van der Waals surface area contributed by atoms with Crippen molar-refractivity contribution >= 4 is 16.0 Å². The van der Waals surface area contributed by atoms with Gasteiger partial charge < -0.3 is 4.74 Å². The molecule has 1 fully saturated rings. The summed E-state index contributed by atoms with van der Waals surface area (Å²) < 4.78 is 32.7. The van der Waals surface area contributed by atoms with Gasteiger partial charge in [0.25, 0.3) is 0 Å². The number of sulfonamides is 1. The SMILES string of the molecule is N#Cc1ccccc1COC(=O)c1ccccc1S(=O)(=O)N1CCCCC1. The van der Waals surface area contributed by atoms with Crippen molar-refractivity contribution in [3.8, 4) is 6.07 Å². The molecule has 3 rings (SSSR count). The molecule has 0 aliphatic carbocycles. The molecule has 2 aromatic rings. The molecule has 0 bridgehead atoms. The van der Waals surface area contributed by atoms with E-state index < -0.39 is 16.0 Å². The van der Waals surface area contributed by atoms with Crippen molar-refractivity contribution in [2.75, 3.05) is 13.1 Å². The highest BCUT2D eigenvalue weighted by Crippen LogP contribution is 2.24. The molecule has 1 aliphatic heterocycles. The predicted molar refractivity (Wildman–Crippen MR) is 99.3 cm³/mol. The molecule has 1 aliphatic rings. The zero-order valence-corrected chi connectivity index (χ0v) is 15.6. The molecular formula is C20H20N2O4S. The lowest BCUT2D eigenvalue weighted by atomic mass is 10.1. The van der Waals surface area contributed by atoms with E-state index in [0.29, 0.717) is 24.2 Å². The average Bonchev–Trinajstić information content (AvgIpc) is 2.72. The van der Waals surface area contributed by atoms with Crippen LogP contribution >= 0.6 is 0 Å². The van der Waals surface area contributed by atoms with E-state index in [1.54, 1.807) is 36.4 Å². The number of carbonyl (C=O) groups excluding carboxylic acids is 1. The van der Waals surface area contributed by atoms with E-state index in [1.165, 1.54) is 16.4 Å². The third kappa shape index (κ3) is 4.18. The summed E-state index contributed by atoms with van der Waals surface area (Å²) in [6.45, 7) is 0.823. The van der Waals surface area contributed by atoms with E-state index >= 15 is 0 Å². The highest BCUT2D eigenvalue weighted by Gasteiger charge is 2.30. The Bertz CT molecular complexity index is 973. The van der Waals surface area contributed by atoms with E-state index in [2.05, 4.69) is 0 Å². The van der Waals surface area contributed by atoms with Crippen LogP contribution in [-0.2, 0) is 21.4 Å². The molecule has 0 spiro atoms. The molecule has 0 aromatic heterocycles. The Balaban J connectivity index is 1.83. The fourth-order valence-corrected chi connectivity index (χ4v) is 4.78. The maximum Gasteiger partial charge on any atom is 0.339 e. The van der Waals surface area contributed by atoms with E-state index in [4.69, 9.17) is 10.00 Å². The largest absolute Gasteiger partial charge is 0.457 e. The van der Waals surface area contributed by atoms with Crippen LogP contribution in [-0.4, -0.2) is 31.8 Å². The van der Waals surface area contributed by atoms with Crippen LogP contribution in [0.2, 0.25) is 0 Å². The van der Waals surface area contributed by atoms with Crippen molar-refractivity contribution in [2.45, 2.75) is 30.8 Å². The number of hydrogen-bond acceptors (Lipinski definition) is 5. The fraction of sp³-hybridized carbons (Fsp3) is 0.300. The molecule has 0 N–H and O–H groups in total. The summed E-state index contributed by atoms with van der Waals surface area (Å²) in [5.74, 6) is -0.723. The Morgan fingerprint density at radius 2 is 1.70 bits per heavy atom. The van der Waals surface area contributed by atoms with Gasteiger partial charge in [0.2, 0.25) is 10.0 Å². The minimum atomic E-state index is -3.75. The van der Waals surface area contributed by atoms with Crippen LogP contribution in [0.1, 0.15) is 40.7 Å². The second kappa shape index (κ2) is 8.33. The van der Waals surface area contributed by atoms with Gasteiger partial charge in [0.1, 0.15) is 6.61 Å².